The van der Waals surface area contributed by atoms with Gasteiger partial charge in [-0.3, -0.25) is 4.99 Å². The smallest absolute Gasteiger partial charge is 0.219 e. The van der Waals surface area contributed by atoms with Gasteiger partial charge in [0.15, 0.2) is 5.96 Å². The van der Waals surface area contributed by atoms with E-state index in [1.165, 1.54) is 12.1 Å². The zero-order chi connectivity index (χ0) is 14.4. The molecule has 0 unspecified atom stereocenters. The molecule has 1 heterocycles. The number of benzene rings is 1. The van der Waals surface area contributed by atoms with Crippen molar-refractivity contribution in [1.29, 1.82) is 0 Å². The van der Waals surface area contributed by atoms with Gasteiger partial charge in [0.2, 0.25) is 5.88 Å². The second-order valence-corrected chi connectivity index (χ2v) is 4.02. The molecule has 0 saturated heterocycles. The minimum Gasteiger partial charge on any atom is -0.439 e. The number of nitrogens with one attached hydrogen (secondary N) is 1. The van der Waals surface area contributed by atoms with Crippen molar-refractivity contribution < 1.29 is 9.13 Å². The fraction of sp³-hybridized carbons (Fsp3) is 0.143. The molecule has 0 radical (unpaired) electrons. The number of guanidine groups is 1. The Balaban J connectivity index is 2.04. The molecule has 6 heteroatoms. The highest BCUT2D eigenvalue weighted by Gasteiger charge is 2.01. The fourth-order valence-corrected chi connectivity index (χ4v) is 1.51. The summed E-state index contributed by atoms with van der Waals surface area (Å²) >= 11 is 0. The van der Waals surface area contributed by atoms with Crippen molar-refractivity contribution in [2.45, 2.75) is 6.54 Å². The molecule has 0 bridgehead atoms. The number of hydrogen-bond donors (Lipinski definition) is 2. The van der Waals surface area contributed by atoms with E-state index in [9.17, 15) is 4.39 Å². The third-order valence-corrected chi connectivity index (χ3v) is 2.55. The van der Waals surface area contributed by atoms with Gasteiger partial charge in [-0.25, -0.2) is 9.37 Å². The maximum absolute atomic E-state index is 12.8. The molecule has 104 valence electrons. The third kappa shape index (κ3) is 3.94. The fourth-order valence-electron chi connectivity index (χ4n) is 1.51. The first-order chi connectivity index (χ1) is 9.67. The summed E-state index contributed by atoms with van der Waals surface area (Å²) in [6, 6.07) is 9.37. The highest BCUT2D eigenvalue weighted by atomic mass is 19.1. The molecule has 1 aromatic carbocycles. The topological polar surface area (TPSA) is 72.5 Å². The molecule has 0 aliphatic rings. The van der Waals surface area contributed by atoms with Crippen LogP contribution in [-0.4, -0.2) is 18.0 Å². The summed E-state index contributed by atoms with van der Waals surface area (Å²) in [5, 5.41) is 2.94. The van der Waals surface area contributed by atoms with E-state index >= 15 is 0 Å². The van der Waals surface area contributed by atoms with E-state index in [1.807, 2.05) is 6.07 Å². The van der Waals surface area contributed by atoms with Crippen LogP contribution in [0.2, 0.25) is 0 Å². The summed E-state index contributed by atoms with van der Waals surface area (Å²) in [5.41, 5.74) is 6.50. The number of pyridine rings is 1. The van der Waals surface area contributed by atoms with Crippen molar-refractivity contribution in [1.82, 2.24) is 10.3 Å². The summed E-state index contributed by atoms with van der Waals surface area (Å²) < 4.78 is 18.3. The average Bonchev–Trinajstić information content (AvgIpc) is 2.47. The van der Waals surface area contributed by atoms with Crippen molar-refractivity contribution in [2.24, 2.45) is 10.7 Å². The highest BCUT2D eigenvalue weighted by Crippen LogP contribution is 2.20. The van der Waals surface area contributed by atoms with Crippen molar-refractivity contribution in [2.75, 3.05) is 7.05 Å². The molecule has 2 rings (SSSR count). The zero-order valence-corrected chi connectivity index (χ0v) is 11.0. The van der Waals surface area contributed by atoms with E-state index < -0.39 is 0 Å². The lowest BCUT2D eigenvalue weighted by Crippen LogP contribution is -2.30. The summed E-state index contributed by atoms with van der Waals surface area (Å²) in [6.07, 6.45) is 1.63. The second-order valence-electron chi connectivity index (χ2n) is 4.02. The standard InChI is InChI=1S/C14H15FN4O/c1-17-14(16)19-9-10-6-7-18-13(8-10)20-12-4-2-11(15)3-5-12/h2-8H,9H2,1H3,(H3,16,17,19). The normalized spacial score (nSPS) is 11.2. The molecule has 0 aliphatic heterocycles. The second kappa shape index (κ2) is 6.51. The summed E-state index contributed by atoms with van der Waals surface area (Å²) in [6.45, 7) is 0.519. The first kappa shape index (κ1) is 13.8. The van der Waals surface area contributed by atoms with E-state index in [0.29, 0.717) is 24.1 Å². The van der Waals surface area contributed by atoms with E-state index in [4.69, 9.17) is 10.5 Å². The number of nitrogens with zero attached hydrogens (tertiary/aromatic N) is 2. The van der Waals surface area contributed by atoms with Crippen LogP contribution in [-0.2, 0) is 6.54 Å². The summed E-state index contributed by atoms with van der Waals surface area (Å²) in [4.78, 5) is 7.90. The van der Waals surface area contributed by atoms with E-state index in [1.54, 1.807) is 31.4 Å². The molecule has 0 aliphatic carbocycles. The van der Waals surface area contributed by atoms with Gasteiger partial charge in [0.1, 0.15) is 11.6 Å². The van der Waals surface area contributed by atoms with Gasteiger partial charge in [-0.05, 0) is 35.9 Å². The molecule has 20 heavy (non-hydrogen) atoms. The van der Waals surface area contributed by atoms with Crippen LogP contribution >= 0.6 is 0 Å². The van der Waals surface area contributed by atoms with Crippen molar-refractivity contribution in [3.8, 4) is 11.6 Å². The number of aromatic nitrogens is 1. The van der Waals surface area contributed by atoms with Gasteiger partial charge in [-0.1, -0.05) is 0 Å². The number of ether oxygens (including phenoxy) is 1. The Morgan fingerprint density at radius 2 is 2.10 bits per heavy atom. The predicted molar refractivity (Wildman–Crippen MR) is 75.1 cm³/mol. The monoisotopic (exact) mass is 274 g/mol. The van der Waals surface area contributed by atoms with Crippen molar-refractivity contribution >= 4 is 5.96 Å². The van der Waals surface area contributed by atoms with Crippen LogP contribution in [0.25, 0.3) is 0 Å². The average molecular weight is 274 g/mol. The van der Waals surface area contributed by atoms with Crippen molar-refractivity contribution in [3.05, 3.63) is 54.0 Å². The van der Waals surface area contributed by atoms with Crippen LogP contribution in [0.15, 0.2) is 47.6 Å². The minimum atomic E-state index is -0.308. The quantitative estimate of drug-likeness (QED) is 0.661. The number of aliphatic imine (C=N–C) groups is 1. The lowest BCUT2D eigenvalue weighted by molar-refractivity contribution is 0.460. The highest BCUT2D eigenvalue weighted by molar-refractivity contribution is 5.77. The first-order valence-corrected chi connectivity index (χ1v) is 6.02. The Morgan fingerprint density at radius 1 is 1.35 bits per heavy atom. The molecule has 5 nitrogen and oxygen atoms in total. The molecule has 1 aromatic heterocycles. The van der Waals surface area contributed by atoms with Crippen LogP contribution in [0.5, 0.6) is 11.6 Å². The Bertz CT molecular complexity index is 598. The van der Waals surface area contributed by atoms with Gasteiger partial charge in [-0.2, -0.15) is 0 Å². The number of hydrogen-bond acceptors (Lipinski definition) is 3. The van der Waals surface area contributed by atoms with Gasteiger partial charge in [-0.15, -0.1) is 0 Å². The Morgan fingerprint density at radius 3 is 2.80 bits per heavy atom. The zero-order valence-electron chi connectivity index (χ0n) is 11.0. The van der Waals surface area contributed by atoms with Crippen LogP contribution in [0.4, 0.5) is 4.39 Å². The maximum atomic E-state index is 12.8. The van der Waals surface area contributed by atoms with Gasteiger partial charge in [0, 0.05) is 25.9 Å². The van der Waals surface area contributed by atoms with Gasteiger partial charge in [0.05, 0.1) is 0 Å². The predicted octanol–water partition coefficient (Wildman–Crippen LogP) is 2.05. The molecule has 3 N–H and O–H groups in total. The largest absolute Gasteiger partial charge is 0.439 e. The Labute approximate surface area is 116 Å². The lowest BCUT2D eigenvalue weighted by Gasteiger charge is -2.08. The van der Waals surface area contributed by atoms with E-state index in [-0.39, 0.29) is 5.82 Å². The molecule has 0 atom stereocenters. The van der Waals surface area contributed by atoms with Crippen LogP contribution in [0.3, 0.4) is 0 Å². The molecule has 0 spiro atoms. The van der Waals surface area contributed by atoms with E-state index in [2.05, 4.69) is 15.3 Å². The molecule has 0 fully saturated rings. The molecule has 0 saturated carbocycles. The third-order valence-electron chi connectivity index (χ3n) is 2.55. The molecular weight excluding hydrogens is 259 g/mol. The molecular formula is C14H15FN4O. The SMILES string of the molecule is CN=C(N)NCc1ccnc(Oc2ccc(F)cc2)c1. The molecule has 2 aromatic rings. The molecule has 0 amide bonds. The van der Waals surface area contributed by atoms with Crippen LogP contribution < -0.4 is 15.8 Å². The summed E-state index contributed by atoms with van der Waals surface area (Å²) in [5.74, 6) is 1.02. The van der Waals surface area contributed by atoms with Crippen molar-refractivity contribution in [3.63, 3.8) is 0 Å². The summed E-state index contributed by atoms with van der Waals surface area (Å²) in [7, 11) is 1.61. The van der Waals surface area contributed by atoms with Crippen LogP contribution in [0, 0.1) is 5.82 Å². The number of halogens is 1. The Kier molecular flexibility index (Phi) is 4.49. The number of nitrogens with two attached hydrogens (primary N) is 1. The first-order valence-electron chi connectivity index (χ1n) is 6.02. The van der Waals surface area contributed by atoms with Gasteiger partial charge in [0.25, 0.3) is 0 Å². The lowest BCUT2D eigenvalue weighted by atomic mass is 10.2. The minimum absolute atomic E-state index is 0.308. The number of rotatable bonds is 4. The van der Waals surface area contributed by atoms with Gasteiger partial charge < -0.3 is 15.8 Å². The van der Waals surface area contributed by atoms with E-state index in [0.717, 1.165) is 5.56 Å². The Hall–Kier alpha value is -2.63. The van der Waals surface area contributed by atoms with Gasteiger partial charge >= 0.3 is 0 Å². The maximum Gasteiger partial charge on any atom is 0.219 e. The van der Waals surface area contributed by atoms with Crippen LogP contribution in [0.1, 0.15) is 5.56 Å².